The van der Waals surface area contributed by atoms with Gasteiger partial charge in [0.1, 0.15) is 11.8 Å². The third kappa shape index (κ3) is 1.87. The third-order valence-corrected chi connectivity index (χ3v) is 5.06. The van der Waals surface area contributed by atoms with Crippen LogP contribution in [-0.4, -0.2) is 29.8 Å². The van der Waals surface area contributed by atoms with Gasteiger partial charge in [0.2, 0.25) is 0 Å². The lowest BCUT2D eigenvalue weighted by molar-refractivity contribution is 0.0691. The minimum absolute atomic E-state index is 0.149. The van der Waals surface area contributed by atoms with Crippen molar-refractivity contribution in [1.29, 1.82) is 0 Å². The Kier molecular flexibility index (Phi) is 2.83. The number of nitrogens with zero attached hydrogens (tertiary/aromatic N) is 1. The summed E-state index contributed by atoms with van der Waals surface area (Å²) in [5.41, 5.74) is 2.26. The lowest BCUT2D eigenvalue weighted by Crippen LogP contribution is -2.36. The van der Waals surface area contributed by atoms with E-state index in [1.807, 2.05) is 25.1 Å². The Morgan fingerprint density at radius 3 is 2.95 bits per heavy atom. The van der Waals surface area contributed by atoms with E-state index in [4.69, 9.17) is 4.42 Å². The second-order valence-corrected chi connectivity index (χ2v) is 6.26. The van der Waals surface area contributed by atoms with Crippen molar-refractivity contribution >= 4 is 16.9 Å². The fourth-order valence-corrected chi connectivity index (χ4v) is 3.54. The van der Waals surface area contributed by atoms with Gasteiger partial charge in [-0.05, 0) is 30.5 Å². The van der Waals surface area contributed by atoms with Crippen LogP contribution in [0.2, 0.25) is 0 Å². The summed E-state index contributed by atoms with van der Waals surface area (Å²) in [7, 11) is 0. The highest BCUT2D eigenvalue weighted by atomic mass is 19.3. The first-order valence-corrected chi connectivity index (χ1v) is 7.69. The van der Waals surface area contributed by atoms with E-state index >= 15 is 0 Å². The van der Waals surface area contributed by atoms with E-state index in [0.717, 1.165) is 17.4 Å². The summed E-state index contributed by atoms with van der Waals surface area (Å²) in [4.78, 5) is 14.2. The van der Waals surface area contributed by atoms with Crippen molar-refractivity contribution in [1.82, 2.24) is 4.90 Å². The van der Waals surface area contributed by atoms with Crippen molar-refractivity contribution < 1.29 is 18.0 Å². The summed E-state index contributed by atoms with van der Waals surface area (Å²) in [5, 5.41) is 0.772. The number of piperidine rings is 1. The Labute approximate surface area is 126 Å². The third-order valence-electron chi connectivity index (χ3n) is 5.06. The van der Waals surface area contributed by atoms with Gasteiger partial charge in [-0.15, -0.1) is 0 Å². The van der Waals surface area contributed by atoms with Gasteiger partial charge in [-0.2, -0.15) is 0 Å². The molecule has 0 bridgehead atoms. The van der Waals surface area contributed by atoms with Crippen LogP contribution < -0.4 is 0 Å². The van der Waals surface area contributed by atoms with Gasteiger partial charge >= 0.3 is 0 Å². The number of rotatable bonds is 2. The number of fused-ring (bicyclic) bond motifs is 2. The predicted molar refractivity (Wildman–Crippen MR) is 78.0 cm³/mol. The summed E-state index contributed by atoms with van der Waals surface area (Å²) in [6.45, 7) is 2.59. The highest BCUT2D eigenvalue weighted by molar-refractivity contribution is 6.06. The number of carbonyl (C=O) groups is 1. The van der Waals surface area contributed by atoms with Crippen LogP contribution in [0.15, 0.2) is 28.9 Å². The molecule has 3 nitrogen and oxygen atoms in total. The number of hydrogen-bond donors (Lipinski definition) is 0. The Bertz CT molecular complexity index is 752. The maximum Gasteiger partial charge on any atom is 0.257 e. The fourth-order valence-electron chi connectivity index (χ4n) is 3.54. The summed E-state index contributed by atoms with van der Waals surface area (Å²) >= 11 is 0. The van der Waals surface area contributed by atoms with Crippen molar-refractivity contribution in [3.05, 3.63) is 35.6 Å². The Hall–Kier alpha value is -1.91. The second kappa shape index (κ2) is 4.54. The number of furan rings is 1. The molecule has 116 valence electrons. The summed E-state index contributed by atoms with van der Waals surface area (Å²) in [6.07, 6.45) is 2.71. The molecule has 2 heterocycles. The maximum atomic E-state index is 13.5. The van der Waals surface area contributed by atoms with Crippen molar-refractivity contribution in [2.45, 2.75) is 25.7 Å². The molecule has 1 aromatic heterocycles. The zero-order valence-electron chi connectivity index (χ0n) is 12.3. The van der Waals surface area contributed by atoms with E-state index in [1.165, 1.54) is 6.26 Å². The van der Waals surface area contributed by atoms with Gasteiger partial charge in [0, 0.05) is 30.3 Å². The predicted octanol–water partition coefficient (Wildman–Crippen LogP) is 3.72. The SMILES string of the molecule is CCc1ccc2occ(C(=O)N3CCC4C(C3)C4(F)F)c2c1. The van der Waals surface area contributed by atoms with E-state index in [1.54, 1.807) is 4.90 Å². The molecule has 1 aromatic carbocycles. The number of hydrogen-bond acceptors (Lipinski definition) is 2. The monoisotopic (exact) mass is 305 g/mol. The molecular weight excluding hydrogens is 288 g/mol. The van der Waals surface area contributed by atoms with Crippen LogP contribution in [0.1, 0.15) is 29.3 Å². The largest absolute Gasteiger partial charge is 0.463 e. The quantitative estimate of drug-likeness (QED) is 0.847. The van der Waals surface area contributed by atoms with Gasteiger partial charge in [-0.1, -0.05) is 13.0 Å². The first-order valence-electron chi connectivity index (χ1n) is 7.69. The molecule has 1 aliphatic carbocycles. The molecule has 1 saturated carbocycles. The van der Waals surface area contributed by atoms with Crippen LogP contribution >= 0.6 is 0 Å². The number of alkyl halides is 2. The average molecular weight is 305 g/mol. The second-order valence-electron chi connectivity index (χ2n) is 6.26. The van der Waals surface area contributed by atoms with Crippen LogP contribution in [0.5, 0.6) is 0 Å². The smallest absolute Gasteiger partial charge is 0.257 e. The zero-order valence-corrected chi connectivity index (χ0v) is 12.3. The molecule has 4 rings (SSSR count). The fraction of sp³-hybridized carbons (Fsp3) is 0.471. The Morgan fingerprint density at radius 1 is 1.41 bits per heavy atom. The molecule has 5 heteroatoms. The first kappa shape index (κ1) is 13.7. The van der Waals surface area contributed by atoms with Crippen molar-refractivity contribution in [3.63, 3.8) is 0 Å². The lowest BCUT2D eigenvalue weighted by atomic mass is 10.1. The van der Waals surface area contributed by atoms with Gasteiger partial charge in [-0.25, -0.2) is 8.78 Å². The van der Waals surface area contributed by atoms with E-state index in [-0.39, 0.29) is 12.5 Å². The molecule has 2 atom stereocenters. The summed E-state index contributed by atoms with van der Waals surface area (Å²) in [6, 6.07) is 5.77. The average Bonchev–Trinajstić information content (AvgIpc) is 2.89. The van der Waals surface area contributed by atoms with Crippen LogP contribution in [0.4, 0.5) is 8.78 Å². The van der Waals surface area contributed by atoms with Gasteiger partial charge < -0.3 is 9.32 Å². The number of likely N-dealkylation sites (tertiary alicyclic amines) is 1. The summed E-state index contributed by atoms with van der Waals surface area (Å²) < 4.78 is 32.4. The van der Waals surface area contributed by atoms with Crippen LogP contribution in [0, 0.1) is 11.8 Å². The van der Waals surface area contributed by atoms with Gasteiger partial charge in [0.05, 0.1) is 5.56 Å². The number of amides is 1. The summed E-state index contributed by atoms with van der Waals surface area (Å²) in [5.74, 6) is -3.96. The molecule has 2 unspecified atom stereocenters. The molecule has 0 spiro atoms. The normalized spacial score (nSPS) is 26.0. The van der Waals surface area contributed by atoms with Gasteiger partial charge in [0.25, 0.3) is 11.8 Å². The molecule has 0 radical (unpaired) electrons. The highest BCUT2D eigenvalue weighted by Gasteiger charge is 2.69. The van der Waals surface area contributed by atoms with Crippen LogP contribution in [-0.2, 0) is 6.42 Å². The number of aryl methyl sites for hydroxylation is 1. The Balaban J connectivity index is 1.63. The Morgan fingerprint density at radius 2 is 2.23 bits per heavy atom. The molecule has 1 aliphatic heterocycles. The molecule has 22 heavy (non-hydrogen) atoms. The van der Waals surface area contributed by atoms with Crippen LogP contribution in [0.3, 0.4) is 0 Å². The first-order chi connectivity index (χ1) is 10.5. The van der Waals surface area contributed by atoms with E-state index in [2.05, 4.69) is 0 Å². The number of carbonyl (C=O) groups excluding carboxylic acids is 1. The van der Waals surface area contributed by atoms with Crippen molar-refractivity contribution in [2.75, 3.05) is 13.1 Å². The van der Waals surface area contributed by atoms with E-state index in [0.29, 0.717) is 24.1 Å². The molecule has 1 amide bonds. The van der Waals surface area contributed by atoms with Crippen molar-refractivity contribution in [3.8, 4) is 0 Å². The molecule has 2 fully saturated rings. The molecule has 0 N–H and O–H groups in total. The molecular formula is C17H17F2NO2. The molecule has 1 saturated heterocycles. The van der Waals surface area contributed by atoms with Gasteiger partial charge in [-0.3, -0.25) is 4.79 Å². The van der Waals surface area contributed by atoms with Crippen molar-refractivity contribution in [2.24, 2.45) is 11.8 Å². The van der Waals surface area contributed by atoms with Gasteiger partial charge in [0.15, 0.2) is 0 Å². The number of benzene rings is 1. The maximum absolute atomic E-state index is 13.5. The zero-order chi connectivity index (χ0) is 15.5. The topological polar surface area (TPSA) is 33.5 Å². The minimum atomic E-state index is -2.58. The van der Waals surface area contributed by atoms with E-state index < -0.39 is 17.8 Å². The minimum Gasteiger partial charge on any atom is -0.463 e. The van der Waals surface area contributed by atoms with Crippen LogP contribution in [0.25, 0.3) is 11.0 Å². The highest BCUT2D eigenvalue weighted by Crippen LogP contribution is 2.59. The standard InChI is InChI=1S/C17H17F2NO2/c1-2-10-3-4-15-11(7-10)12(9-22-15)16(21)20-6-5-13-14(8-20)17(13,18)19/h3-4,7,9,13-14H,2,5-6,8H2,1H3. The molecule has 2 aliphatic rings. The number of halogens is 2. The molecule has 2 aromatic rings. The van der Waals surface area contributed by atoms with E-state index in [9.17, 15) is 13.6 Å². The lowest BCUT2D eigenvalue weighted by Gasteiger charge is -2.25.